The van der Waals surface area contributed by atoms with Crippen molar-refractivity contribution in [2.75, 3.05) is 4.90 Å². The highest BCUT2D eigenvalue weighted by atomic mass is 35.5. The number of halogens is 1. The fraction of sp³-hybridized carbons (Fsp3) is 0.286. The number of fused-ring (bicyclic) bond motifs is 1. The van der Waals surface area contributed by atoms with E-state index in [0.29, 0.717) is 16.4 Å². The van der Waals surface area contributed by atoms with Crippen molar-refractivity contribution in [2.24, 2.45) is 0 Å². The van der Waals surface area contributed by atoms with Crippen LogP contribution in [0, 0.1) is 0 Å². The Kier molecular flexibility index (Phi) is 6.17. The van der Waals surface area contributed by atoms with Crippen LogP contribution in [0.2, 0.25) is 5.02 Å². The molecule has 0 unspecified atom stereocenters. The summed E-state index contributed by atoms with van der Waals surface area (Å²) in [6.45, 7) is 8.41. The molecule has 0 spiro atoms. The van der Waals surface area contributed by atoms with E-state index in [1.165, 1.54) is 22.6 Å². The van der Waals surface area contributed by atoms with Crippen LogP contribution in [0.15, 0.2) is 60.7 Å². The average molecular weight is 478 g/mol. The molecule has 0 atom stereocenters. The number of carboxylic acid groups (broad SMARTS) is 1. The summed E-state index contributed by atoms with van der Waals surface area (Å²) in [6.07, 6.45) is 2.62. The number of aryl methyl sites for hydroxylation is 1. The zero-order chi connectivity index (χ0) is 24.7. The monoisotopic (exact) mass is 477 g/mol. The van der Waals surface area contributed by atoms with Crippen LogP contribution in [0.25, 0.3) is 0 Å². The maximum absolute atomic E-state index is 12.2. The van der Waals surface area contributed by atoms with Crippen molar-refractivity contribution in [2.45, 2.75) is 51.6 Å². The second-order valence-electron chi connectivity index (χ2n) is 9.80. The van der Waals surface area contributed by atoms with Crippen molar-refractivity contribution in [1.82, 2.24) is 0 Å². The Morgan fingerprint density at radius 1 is 1.09 bits per heavy atom. The average Bonchev–Trinajstić information content (AvgIpc) is 2.79. The molecule has 1 amide bonds. The van der Waals surface area contributed by atoms with Gasteiger partial charge in [-0.25, -0.2) is 4.79 Å². The minimum atomic E-state index is -1.02. The summed E-state index contributed by atoms with van der Waals surface area (Å²) in [5, 5.41) is 9.77. The molecule has 1 N–H and O–H groups in total. The lowest BCUT2D eigenvalue weighted by Crippen LogP contribution is -2.33. The van der Waals surface area contributed by atoms with E-state index in [9.17, 15) is 14.7 Å². The zero-order valence-electron chi connectivity index (χ0n) is 19.8. The molecule has 6 heteroatoms. The molecule has 3 aromatic carbocycles. The van der Waals surface area contributed by atoms with E-state index >= 15 is 0 Å². The van der Waals surface area contributed by atoms with Crippen molar-refractivity contribution >= 4 is 35.4 Å². The number of carboxylic acids is 1. The third-order valence-corrected chi connectivity index (χ3v) is 6.79. The zero-order valence-corrected chi connectivity index (χ0v) is 20.5. The third-order valence-electron chi connectivity index (χ3n) is 6.55. The number of hydrogen-bond acceptors (Lipinski definition) is 3. The minimum Gasteiger partial charge on any atom is -0.488 e. The molecule has 34 heavy (non-hydrogen) atoms. The van der Waals surface area contributed by atoms with Crippen molar-refractivity contribution in [3.05, 3.63) is 87.9 Å². The summed E-state index contributed by atoms with van der Waals surface area (Å²) >= 11 is 6.41. The van der Waals surface area contributed by atoms with Gasteiger partial charge in [0.15, 0.2) is 0 Å². The van der Waals surface area contributed by atoms with Gasteiger partial charge in [-0.3, -0.25) is 9.69 Å². The van der Waals surface area contributed by atoms with Gasteiger partial charge in [-0.1, -0.05) is 37.6 Å². The number of ether oxygens (including phenoxy) is 1. The maximum Gasteiger partial charge on any atom is 0.335 e. The number of anilines is 2. The van der Waals surface area contributed by atoms with E-state index in [2.05, 4.69) is 39.8 Å². The molecular weight excluding hydrogens is 450 g/mol. The van der Waals surface area contributed by atoms with Gasteiger partial charge in [-0.15, -0.1) is 0 Å². The highest BCUT2D eigenvalue weighted by Crippen LogP contribution is 2.43. The molecule has 0 aliphatic carbocycles. The summed E-state index contributed by atoms with van der Waals surface area (Å²) in [7, 11) is 0. The van der Waals surface area contributed by atoms with Gasteiger partial charge in [0.05, 0.1) is 11.3 Å². The van der Waals surface area contributed by atoms with Gasteiger partial charge in [0.25, 0.3) is 0 Å². The summed E-state index contributed by atoms with van der Waals surface area (Å²) in [5.41, 5.74) is 3.89. The molecule has 0 fully saturated rings. The first kappa shape index (κ1) is 23.8. The molecule has 1 aliphatic rings. The Morgan fingerprint density at radius 2 is 1.79 bits per heavy atom. The smallest absolute Gasteiger partial charge is 0.335 e. The number of rotatable bonds is 6. The van der Waals surface area contributed by atoms with Crippen LogP contribution in [-0.4, -0.2) is 23.1 Å². The van der Waals surface area contributed by atoms with Crippen LogP contribution in [0.4, 0.5) is 11.4 Å². The van der Waals surface area contributed by atoms with Gasteiger partial charge in [-0.2, -0.15) is 0 Å². The van der Waals surface area contributed by atoms with Crippen LogP contribution >= 0.6 is 11.6 Å². The first-order valence-corrected chi connectivity index (χ1v) is 11.6. The summed E-state index contributed by atoms with van der Waals surface area (Å²) < 4.78 is 6.16. The molecule has 176 valence electrons. The van der Waals surface area contributed by atoms with Gasteiger partial charge in [-0.05, 0) is 91.9 Å². The van der Waals surface area contributed by atoms with Crippen molar-refractivity contribution in [3.63, 3.8) is 0 Å². The molecule has 0 aromatic heterocycles. The first-order chi connectivity index (χ1) is 16.0. The molecule has 0 bridgehead atoms. The lowest BCUT2D eigenvalue weighted by atomic mass is 9.76. The predicted octanol–water partition coefficient (Wildman–Crippen LogP) is 6.76. The topological polar surface area (TPSA) is 66.8 Å². The van der Waals surface area contributed by atoms with Crippen LogP contribution in [0.3, 0.4) is 0 Å². The van der Waals surface area contributed by atoms with Crippen molar-refractivity contribution < 1.29 is 19.4 Å². The Bertz CT molecular complexity index is 1250. The quantitative estimate of drug-likeness (QED) is 0.398. The predicted molar refractivity (Wildman–Crippen MR) is 135 cm³/mol. The molecule has 1 heterocycles. The van der Waals surface area contributed by atoms with Crippen LogP contribution < -0.4 is 9.64 Å². The van der Waals surface area contributed by atoms with Crippen molar-refractivity contribution in [1.29, 1.82) is 0 Å². The Hall–Kier alpha value is -3.31. The van der Waals surface area contributed by atoms with Crippen molar-refractivity contribution in [3.8, 4) is 5.75 Å². The molecule has 0 saturated carbocycles. The van der Waals surface area contributed by atoms with Crippen LogP contribution in [-0.2, 0) is 16.6 Å². The minimum absolute atomic E-state index is 0.158. The SMILES string of the molecule is CC1(C)CCc2cc(C(C)(C)c3cc(Cl)ccc3N(C=O)c3ccc(C(=O)O)cc3)ccc2O1. The number of amides is 1. The Labute approximate surface area is 204 Å². The summed E-state index contributed by atoms with van der Waals surface area (Å²) in [4.78, 5) is 25.0. The first-order valence-electron chi connectivity index (χ1n) is 11.2. The molecule has 0 saturated heterocycles. The molecule has 3 aromatic rings. The van der Waals surface area contributed by atoms with Crippen LogP contribution in [0.5, 0.6) is 5.75 Å². The van der Waals surface area contributed by atoms with Gasteiger partial charge < -0.3 is 9.84 Å². The van der Waals surface area contributed by atoms with E-state index in [1.54, 1.807) is 18.2 Å². The highest BCUT2D eigenvalue weighted by molar-refractivity contribution is 6.30. The van der Waals surface area contributed by atoms with Gasteiger partial charge in [0, 0.05) is 16.1 Å². The number of benzene rings is 3. The maximum atomic E-state index is 12.2. The largest absolute Gasteiger partial charge is 0.488 e. The number of carbonyl (C=O) groups excluding carboxylic acids is 1. The molecule has 5 nitrogen and oxygen atoms in total. The summed E-state index contributed by atoms with van der Waals surface area (Å²) in [5.74, 6) is -0.104. The Balaban J connectivity index is 1.78. The molecular formula is C28H28ClNO4. The van der Waals surface area contributed by atoms with Gasteiger partial charge >= 0.3 is 5.97 Å². The third kappa shape index (κ3) is 4.53. The Morgan fingerprint density at radius 3 is 2.44 bits per heavy atom. The molecule has 4 rings (SSSR count). The van der Waals surface area contributed by atoms with Crippen LogP contribution in [0.1, 0.15) is 61.2 Å². The second kappa shape index (κ2) is 8.80. The van der Waals surface area contributed by atoms with E-state index < -0.39 is 11.4 Å². The fourth-order valence-corrected chi connectivity index (χ4v) is 4.62. The lowest BCUT2D eigenvalue weighted by Gasteiger charge is -2.35. The molecule has 0 radical (unpaired) electrons. The lowest BCUT2D eigenvalue weighted by molar-refractivity contribution is -0.106. The van der Waals surface area contributed by atoms with E-state index in [0.717, 1.165) is 36.1 Å². The van der Waals surface area contributed by atoms with Gasteiger partial charge in [0.1, 0.15) is 11.4 Å². The number of carbonyl (C=O) groups is 2. The number of nitrogens with zero attached hydrogens (tertiary/aromatic N) is 1. The van der Waals surface area contributed by atoms with E-state index in [-0.39, 0.29) is 11.2 Å². The fourth-order valence-electron chi connectivity index (χ4n) is 4.44. The summed E-state index contributed by atoms with van der Waals surface area (Å²) in [6, 6.07) is 18.0. The van der Waals surface area contributed by atoms with E-state index in [4.69, 9.17) is 16.3 Å². The van der Waals surface area contributed by atoms with Gasteiger partial charge in [0.2, 0.25) is 6.41 Å². The normalized spacial score (nSPS) is 14.6. The number of aromatic carboxylic acids is 1. The standard InChI is InChI=1S/C28H28ClNO4/c1-27(2)14-13-19-15-20(7-12-25(19)34-27)28(3,4)23-16-21(29)8-11-24(23)30(17-31)22-9-5-18(6-10-22)26(32)33/h5-12,15-17H,13-14H2,1-4H3,(H,32,33). The highest BCUT2D eigenvalue weighted by Gasteiger charge is 2.32. The molecule has 1 aliphatic heterocycles. The number of hydrogen-bond donors (Lipinski definition) is 1. The second-order valence-corrected chi connectivity index (χ2v) is 10.2. The van der Waals surface area contributed by atoms with E-state index in [1.807, 2.05) is 18.2 Å².